The van der Waals surface area contributed by atoms with E-state index in [-0.39, 0.29) is 43.5 Å². The van der Waals surface area contributed by atoms with Crippen molar-refractivity contribution in [3.05, 3.63) is 96.9 Å². The Labute approximate surface area is 319 Å². The zero-order valence-electron chi connectivity index (χ0n) is 26.4. The summed E-state index contributed by atoms with van der Waals surface area (Å²) in [7, 11) is 0.832. The van der Waals surface area contributed by atoms with Crippen LogP contribution in [0.3, 0.4) is 0 Å². The van der Waals surface area contributed by atoms with Gasteiger partial charge in [0.05, 0.1) is 30.4 Å². The van der Waals surface area contributed by atoms with E-state index < -0.39 is 60.8 Å². The van der Waals surface area contributed by atoms with Gasteiger partial charge in [-0.15, -0.1) is 0 Å². The quantitative estimate of drug-likeness (QED) is 0.0952. The van der Waals surface area contributed by atoms with E-state index >= 15 is 0 Å². The fraction of sp³-hybridized carbons (Fsp3) is 0.241. The molecule has 0 aliphatic carbocycles. The van der Waals surface area contributed by atoms with Gasteiger partial charge < -0.3 is 32.5 Å². The van der Waals surface area contributed by atoms with Crippen LogP contribution in [0, 0.1) is 60.8 Å². The Morgan fingerprint density at radius 3 is 1.35 bits per heavy atom. The van der Waals surface area contributed by atoms with Gasteiger partial charge in [0.15, 0.2) is 0 Å². The molecule has 20 heteroatoms. The Hall–Kier alpha value is -1.82. The average molecular weight is 902 g/mol. The molecule has 0 bridgehead atoms. The molecule has 3 N–H and O–H groups in total. The topological polar surface area (TPSA) is 139 Å². The number of alkyl halides is 7. The molecule has 8 nitrogen and oxygen atoms in total. The van der Waals surface area contributed by atoms with Crippen molar-refractivity contribution in [2.24, 2.45) is 5.73 Å². The van der Waals surface area contributed by atoms with Crippen LogP contribution in [0.2, 0.25) is 0 Å². The van der Waals surface area contributed by atoms with E-state index in [1.807, 2.05) is 26.0 Å². The number of ether oxygens (including phenoxy) is 3. The molecule has 0 heterocycles. The summed E-state index contributed by atoms with van der Waals surface area (Å²) in [5.41, 5.74) is 22.3. The number of hydrogen-bond acceptors (Lipinski definition) is 8. The molecule has 0 saturated carbocycles. The zero-order valence-corrected chi connectivity index (χ0v) is 32.6. The van der Waals surface area contributed by atoms with Crippen molar-refractivity contribution >= 4 is 34.5 Å². The van der Waals surface area contributed by atoms with Crippen LogP contribution in [0.5, 0.6) is 17.2 Å². The molecule has 0 amide bonds. The van der Waals surface area contributed by atoms with Gasteiger partial charge in [-0.3, -0.25) is 0 Å². The number of carbonyl (C=O) groups is 1. The van der Waals surface area contributed by atoms with Crippen LogP contribution in [-0.2, 0) is 15.1 Å². The van der Waals surface area contributed by atoms with Crippen LogP contribution >= 0.6 is 28.5 Å². The predicted molar refractivity (Wildman–Crippen MR) is 168 cm³/mol. The normalized spacial score (nSPS) is 9.59. The van der Waals surface area contributed by atoms with E-state index in [4.69, 9.17) is 38.2 Å². The Bertz CT molecular complexity index is 1390. The first-order valence-electron chi connectivity index (χ1n) is 12.1. The van der Waals surface area contributed by atoms with Gasteiger partial charge in [-0.25, -0.2) is 4.79 Å². The van der Waals surface area contributed by atoms with Gasteiger partial charge in [-0.1, -0.05) is 12.1 Å². The molecule has 49 heavy (non-hydrogen) atoms. The first-order chi connectivity index (χ1) is 21.7. The van der Waals surface area contributed by atoms with Crippen molar-refractivity contribution in [1.29, 1.82) is 10.5 Å². The van der Waals surface area contributed by atoms with Gasteiger partial charge in [0.25, 0.3) is 0 Å². The van der Waals surface area contributed by atoms with Gasteiger partial charge in [0.1, 0.15) is 17.2 Å². The molecular weight excluding hydrogens is 873 g/mol. The van der Waals surface area contributed by atoms with Crippen LogP contribution in [0.1, 0.15) is 30.5 Å². The standard InChI is InChI=1S/C10H13F2NO.C8H5F2NO.C7H5NO.C3H3ClF2O2.CH3.Ce.3ClH.Li/c1-10(2,13)7-3-5-8(6-4-7)14-9(11)12;9-8(10)12-7-3-1-6(5-11)2-4-7;8-5-6-1-3-7(9)4-2-6;1-8-2(7)3(4,5)6;;;;;;/h3-6,9H,13H2,1-2H3;1-4,8H;1-4,9H;1H3;1H3;;3*1H;/q;;;;-1;+3;;;;+1/p-3. The second kappa shape index (κ2) is 28.8. The number of esters is 1. The van der Waals surface area contributed by atoms with Crippen LogP contribution in [-0.4, -0.2) is 36.8 Å². The molecule has 0 fully saturated rings. The number of aromatic hydroxyl groups is 1. The molecule has 0 spiro atoms. The summed E-state index contributed by atoms with van der Waals surface area (Å²) in [6.07, 6.45) is 0. The molecule has 0 aliphatic heterocycles. The number of nitrogens with two attached hydrogens (primary N) is 1. The number of phenols is 1. The van der Waals surface area contributed by atoms with Gasteiger partial charge in [-0.2, -0.15) is 36.9 Å². The molecule has 3 aromatic carbocycles. The fourth-order valence-corrected chi connectivity index (χ4v) is 2.51. The number of benzene rings is 3. The minimum Gasteiger partial charge on any atom is 1.00 e. The summed E-state index contributed by atoms with van der Waals surface area (Å²) in [6.45, 7) is -1.92. The van der Waals surface area contributed by atoms with Gasteiger partial charge in [0, 0.05) is 5.54 Å². The number of hydrogen-bond donors (Lipinski definition) is 2. The minimum absolute atomic E-state index is 0. The van der Waals surface area contributed by atoms with Crippen LogP contribution in [0.4, 0.5) is 26.3 Å². The third kappa shape index (κ3) is 30.7. The van der Waals surface area contributed by atoms with Crippen LogP contribution < -0.4 is 34.1 Å². The van der Waals surface area contributed by atoms with E-state index in [1.54, 1.807) is 24.3 Å². The van der Waals surface area contributed by atoms with Gasteiger partial charge >= 0.3 is 91.0 Å². The molecule has 0 aliphatic rings. The summed E-state index contributed by atoms with van der Waals surface area (Å²) < 4.78 is 81.5. The predicted octanol–water partition coefficient (Wildman–Crippen LogP) is 6.42. The van der Waals surface area contributed by atoms with Crippen molar-refractivity contribution in [2.45, 2.75) is 38.0 Å². The number of nitrogens with zero attached hydrogens (tertiary/aromatic N) is 2. The molecule has 0 radical (unpaired) electrons. The monoisotopic (exact) mass is 900 g/mol. The number of rotatable bonds is 6. The first kappa shape index (κ1) is 54.0. The van der Waals surface area contributed by atoms with Gasteiger partial charge in [0.2, 0.25) is 0 Å². The van der Waals surface area contributed by atoms with E-state index in [1.165, 1.54) is 48.5 Å². The maximum Gasteiger partial charge on any atom is 1.00 e. The maximum absolute atomic E-state index is 11.8. The minimum atomic E-state index is -3.88. The molecule has 0 saturated heterocycles. The molecule has 3 rings (SSSR count). The number of halogens is 10. The Balaban J connectivity index is -0.000000267. The molecule has 3 aromatic rings. The largest absolute Gasteiger partial charge is 1.00 e. The molecule has 0 unspecified atom stereocenters. The Morgan fingerprint density at radius 1 is 0.816 bits per heavy atom. The summed E-state index contributed by atoms with van der Waals surface area (Å²) in [5, 5.41) is 21.5. The SMILES string of the molecule is CC(C)(N)c1ccc(OC(F)F)cc1.COC(=O)C(F)(F)Cl.N#Cc1ccc(O)cc1.N#Cc1ccc(OC(F)F)cc1.[CH3-].[Cl][Ce]([Cl])[Cl].[Li+]. The van der Waals surface area contributed by atoms with Crippen molar-refractivity contribution in [2.75, 3.05) is 7.11 Å². The molecule has 0 aromatic heterocycles. The smallest absolute Gasteiger partial charge is 1.00 e. The zero-order chi connectivity index (χ0) is 36.8. The van der Waals surface area contributed by atoms with E-state index in [9.17, 15) is 31.1 Å². The summed E-state index contributed by atoms with van der Waals surface area (Å²) in [5.74, 6) is -1.34. The number of nitriles is 2. The fourth-order valence-electron chi connectivity index (χ4n) is 2.43. The Morgan fingerprint density at radius 2 is 1.12 bits per heavy atom. The molecule has 265 valence electrons. The van der Waals surface area contributed by atoms with Crippen LogP contribution in [0.25, 0.3) is 0 Å². The third-order valence-electron chi connectivity index (χ3n) is 4.45. The number of methoxy groups -OCH3 is 1. The third-order valence-corrected chi connectivity index (χ3v) is 4.60. The first-order valence-corrected chi connectivity index (χ1v) is 24.3. The average Bonchev–Trinajstić information content (AvgIpc) is 2.97. The summed E-state index contributed by atoms with van der Waals surface area (Å²) in [4.78, 5) is 9.73. The second-order valence-corrected chi connectivity index (χ2v) is 22.8. The number of carbonyl (C=O) groups excluding carboxylic acids is 1. The molecule has 0 atom stereocenters. The summed E-state index contributed by atoms with van der Waals surface area (Å²) >= 11 is 1.94. The van der Waals surface area contributed by atoms with E-state index in [0.29, 0.717) is 11.1 Å². The van der Waals surface area contributed by atoms with Crippen molar-refractivity contribution in [3.63, 3.8) is 0 Å². The Kier molecular flexibility index (Phi) is 31.8. The maximum atomic E-state index is 11.8. The van der Waals surface area contributed by atoms with Crippen molar-refractivity contribution in [1.82, 2.24) is 0 Å². The van der Waals surface area contributed by atoms with Crippen molar-refractivity contribution in [3.8, 4) is 29.4 Å². The second-order valence-electron chi connectivity index (χ2n) is 8.50. The van der Waals surface area contributed by atoms with E-state index in [2.05, 4.69) is 25.8 Å². The summed E-state index contributed by atoms with van der Waals surface area (Å²) in [6, 6.07) is 21.7. The van der Waals surface area contributed by atoms with Crippen LogP contribution in [0.15, 0.2) is 72.8 Å². The number of phenolic OH excluding ortho intramolecular Hbond substituents is 1. The van der Waals surface area contributed by atoms with Crippen molar-refractivity contribution < 1.29 is 100.0 Å². The van der Waals surface area contributed by atoms with Gasteiger partial charge in [-0.05, 0) is 91.7 Å². The van der Waals surface area contributed by atoms with E-state index in [0.717, 1.165) is 12.7 Å². The molecular formula is C29H29CeCl4F6LiN3O5.